The van der Waals surface area contributed by atoms with Crippen LogP contribution >= 0.6 is 11.6 Å². The minimum absolute atomic E-state index is 0.465. The normalized spacial score (nSPS) is 23.5. The van der Waals surface area contributed by atoms with E-state index in [4.69, 9.17) is 11.6 Å². The maximum Gasteiger partial charge on any atom is 0.0338 e. The molecule has 0 bridgehead atoms. The van der Waals surface area contributed by atoms with Gasteiger partial charge in [-0.1, -0.05) is 78.1 Å². The molecule has 0 nitrogen and oxygen atoms in total. The van der Waals surface area contributed by atoms with Gasteiger partial charge in [0.2, 0.25) is 0 Å². The number of rotatable bonds is 13. The van der Waals surface area contributed by atoms with Gasteiger partial charge in [-0.2, -0.15) is 0 Å². The Kier molecular flexibility index (Phi) is 10.0. The smallest absolute Gasteiger partial charge is 0.0338 e. The quantitative estimate of drug-likeness (QED) is 0.254. The lowest BCUT2D eigenvalue weighted by atomic mass is 10.0. The molecule has 114 valence electrons. The zero-order valence-corrected chi connectivity index (χ0v) is 14.1. The van der Waals surface area contributed by atoms with Gasteiger partial charge in [0.1, 0.15) is 0 Å². The van der Waals surface area contributed by atoms with Gasteiger partial charge in [0, 0.05) is 5.38 Å². The monoisotopic (exact) mass is 286 g/mol. The van der Waals surface area contributed by atoms with E-state index in [0.29, 0.717) is 5.38 Å². The maximum atomic E-state index is 6.48. The van der Waals surface area contributed by atoms with Gasteiger partial charge in [0.05, 0.1) is 0 Å². The van der Waals surface area contributed by atoms with Crippen LogP contribution in [-0.2, 0) is 0 Å². The van der Waals surface area contributed by atoms with Crippen LogP contribution in [0.25, 0.3) is 0 Å². The van der Waals surface area contributed by atoms with Crippen molar-refractivity contribution in [2.24, 2.45) is 11.8 Å². The highest BCUT2D eigenvalue weighted by molar-refractivity contribution is 6.20. The summed E-state index contributed by atoms with van der Waals surface area (Å²) in [6.45, 7) is 4.57. The Balaban J connectivity index is 1.89. The second-order valence-corrected chi connectivity index (χ2v) is 7.26. The SMILES string of the molecule is CCCCCCCC(Cl)CC1CC1CCCCCC. The summed E-state index contributed by atoms with van der Waals surface area (Å²) in [6.07, 6.45) is 18.1. The van der Waals surface area contributed by atoms with Crippen molar-refractivity contribution in [2.45, 2.75) is 103 Å². The average molecular weight is 287 g/mol. The molecule has 3 unspecified atom stereocenters. The van der Waals surface area contributed by atoms with E-state index in [-0.39, 0.29) is 0 Å². The lowest BCUT2D eigenvalue weighted by Gasteiger charge is -2.09. The molecular weight excluding hydrogens is 252 g/mol. The van der Waals surface area contributed by atoms with E-state index in [1.54, 1.807) is 0 Å². The molecule has 0 aromatic rings. The molecule has 0 spiro atoms. The summed E-state index contributed by atoms with van der Waals surface area (Å²) >= 11 is 6.48. The standard InChI is InChI=1S/C18H35Cl/c1-3-5-7-9-11-13-18(19)15-17-14-16(17)12-10-8-6-4-2/h16-18H,3-15H2,1-2H3. The summed E-state index contributed by atoms with van der Waals surface area (Å²) in [5.41, 5.74) is 0. The third-order valence-corrected chi connectivity index (χ3v) is 5.07. The van der Waals surface area contributed by atoms with Crippen LogP contribution < -0.4 is 0 Å². The first kappa shape index (κ1) is 17.3. The Morgan fingerprint density at radius 3 is 2.16 bits per heavy atom. The van der Waals surface area contributed by atoms with Gasteiger partial charge >= 0.3 is 0 Å². The molecule has 1 fully saturated rings. The number of hydrogen-bond donors (Lipinski definition) is 0. The number of alkyl halides is 1. The first-order chi connectivity index (χ1) is 9.27. The van der Waals surface area contributed by atoms with Crippen LogP contribution in [0.4, 0.5) is 0 Å². The van der Waals surface area contributed by atoms with Crippen LogP contribution in [0.1, 0.15) is 97.3 Å². The molecule has 0 N–H and O–H groups in total. The Hall–Kier alpha value is 0.290. The number of unbranched alkanes of at least 4 members (excludes halogenated alkanes) is 7. The van der Waals surface area contributed by atoms with Crippen molar-refractivity contribution >= 4 is 11.6 Å². The van der Waals surface area contributed by atoms with Gasteiger partial charge in [0.15, 0.2) is 0 Å². The van der Waals surface area contributed by atoms with Crippen molar-refractivity contribution in [1.82, 2.24) is 0 Å². The topological polar surface area (TPSA) is 0 Å². The molecule has 3 atom stereocenters. The molecule has 0 aromatic heterocycles. The second kappa shape index (κ2) is 11.0. The van der Waals surface area contributed by atoms with Gasteiger partial charge in [-0.25, -0.2) is 0 Å². The molecular formula is C18H35Cl. The zero-order valence-electron chi connectivity index (χ0n) is 13.3. The van der Waals surface area contributed by atoms with Crippen molar-refractivity contribution in [1.29, 1.82) is 0 Å². The van der Waals surface area contributed by atoms with Crippen LogP contribution in [0.3, 0.4) is 0 Å². The molecule has 19 heavy (non-hydrogen) atoms. The Labute approximate surface area is 126 Å². The van der Waals surface area contributed by atoms with E-state index in [2.05, 4.69) is 13.8 Å². The van der Waals surface area contributed by atoms with Crippen molar-refractivity contribution < 1.29 is 0 Å². The van der Waals surface area contributed by atoms with Crippen molar-refractivity contribution in [3.8, 4) is 0 Å². The highest BCUT2D eigenvalue weighted by atomic mass is 35.5. The van der Waals surface area contributed by atoms with Crippen LogP contribution in [0.5, 0.6) is 0 Å². The van der Waals surface area contributed by atoms with E-state index in [9.17, 15) is 0 Å². The molecule has 1 heteroatoms. The summed E-state index contributed by atoms with van der Waals surface area (Å²) < 4.78 is 0. The molecule has 0 radical (unpaired) electrons. The highest BCUT2D eigenvalue weighted by Crippen LogP contribution is 2.46. The molecule has 0 aliphatic heterocycles. The molecule has 0 amide bonds. The molecule has 1 saturated carbocycles. The largest absolute Gasteiger partial charge is 0.123 e. The third-order valence-electron chi connectivity index (χ3n) is 4.68. The van der Waals surface area contributed by atoms with Crippen molar-refractivity contribution in [3.05, 3.63) is 0 Å². The molecule has 1 aliphatic carbocycles. The first-order valence-electron chi connectivity index (χ1n) is 8.92. The van der Waals surface area contributed by atoms with Gasteiger partial charge in [-0.15, -0.1) is 11.6 Å². The maximum absolute atomic E-state index is 6.48. The Morgan fingerprint density at radius 1 is 0.842 bits per heavy atom. The average Bonchev–Trinajstić information content (AvgIpc) is 3.12. The summed E-state index contributed by atoms with van der Waals surface area (Å²) in [4.78, 5) is 0. The fourth-order valence-corrected chi connectivity index (χ4v) is 3.58. The fraction of sp³-hybridized carbons (Fsp3) is 1.00. The molecule has 0 aromatic carbocycles. The van der Waals surface area contributed by atoms with Gasteiger partial charge in [0.25, 0.3) is 0 Å². The third kappa shape index (κ3) is 8.95. The molecule has 0 heterocycles. The lowest BCUT2D eigenvalue weighted by Crippen LogP contribution is -2.01. The minimum atomic E-state index is 0.465. The zero-order chi connectivity index (χ0) is 13.9. The fourth-order valence-electron chi connectivity index (χ4n) is 3.20. The van der Waals surface area contributed by atoms with E-state index in [1.165, 1.54) is 83.5 Å². The van der Waals surface area contributed by atoms with E-state index in [0.717, 1.165) is 11.8 Å². The predicted molar refractivity (Wildman–Crippen MR) is 88.0 cm³/mol. The van der Waals surface area contributed by atoms with E-state index >= 15 is 0 Å². The summed E-state index contributed by atoms with van der Waals surface area (Å²) in [5, 5.41) is 0.465. The van der Waals surface area contributed by atoms with Crippen molar-refractivity contribution in [3.63, 3.8) is 0 Å². The highest BCUT2D eigenvalue weighted by Gasteiger charge is 2.36. The van der Waals surface area contributed by atoms with Crippen LogP contribution in [0, 0.1) is 11.8 Å². The van der Waals surface area contributed by atoms with Crippen LogP contribution in [-0.4, -0.2) is 5.38 Å². The molecule has 1 aliphatic rings. The Bertz CT molecular complexity index is 202. The van der Waals surface area contributed by atoms with E-state index < -0.39 is 0 Å². The van der Waals surface area contributed by atoms with Gasteiger partial charge in [-0.3, -0.25) is 0 Å². The second-order valence-electron chi connectivity index (χ2n) is 6.64. The van der Waals surface area contributed by atoms with E-state index in [1.807, 2.05) is 0 Å². The lowest BCUT2D eigenvalue weighted by molar-refractivity contribution is 0.522. The summed E-state index contributed by atoms with van der Waals surface area (Å²) in [7, 11) is 0. The van der Waals surface area contributed by atoms with Crippen LogP contribution in [0.2, 0.25) is 0 Å². The number of halogens is 1. The van der Waals surface area contributed by atoms with Crippen molar-refractivity contribution in [2.75, 3.05) is 0 Å². The summed E-state index contributed by atoms with van der Waals surface area (Å²) in [5.74, 6) is 2.03. The van der Waals surface area contributed by atoms with Crippen LogP contribution in [0.15, 0.2) is 0 Å². The Morgan fingerprint density at radius 2 is 1.47 bits per heavy atom. The van der Waals surface area contributed by atoms with Gasteiger partial charge in [-0.05, 0) is 31.1 Å². The molecule has 1 rings (SSSR count). The summed E-state index contributed by atoms with van der Waals surface area (Å²) in [6, 6.07) is 0. The first-order valence-corrected chi connectivity index (χ1v) is 9.35. The number of hydrogen-bond acceptors (Lipinski definition) is 0. The molecule has 0 saturated heterocycles. The van der Waals surface area contributed by atoms with Gasteiger partial charge < -0.3 is 0 Å². The minimum Gasteiger partial charge on any atom is -0.123 e. The predicted octanol–water partition coefficient (Wildman–Crippen LogP) is 6.95.